The summed E-state index contributed by atoms with van der Waals surface area (Å²) in [4.78, 5) is 14.0. The van der Waals surface area contributed by atoms with Gasteiger partial charge >= 0.3 is 0 Å². The van der Waals surface area contributed by atoms with Crippen LogP contribution < -0.4 is 0 Å². The van der Waals surface area contributed by atoms with E-state index in [2.05, 4.69) is 0 Å². The van der Waals surface area contributed by atoms with Crippen molar-refractivity contribution in [1.82, 2.24) is 3.97 Å². The van der Waals surface area contributed by atoms with E-state index in [0.717, 1.165) is 22.3 Å². The van der Waals surface area contributed by atoms with Gasteiger partial charge in [0.15, 0.2) is 5.78 Å². The van der Waals surface area contributed by atoms with Crippen molar-refractivity contribution < 1.29 is 13.2 Å². The van der Waals surface area contributed by atoms with Gasteiger partial charge in [0.1, 0.15) is 0 Å². The first-order chi connectivity index (χ1) is 16.4. The van der Waals surface area contributed by atoms with Crippen LogP contribution in [0.2, 0.25) is 0 Å². The molecule has 0 N–H and O–H groups in total. The van der Waals surface area contributed by atoms with Crippen LogP contribution in [-0.4, -0.2) is 18.2 Å². The maximum absolute atomic E-state index is 13.8. The predicted octanol–water partition coefficient (Wildman–Crippen LogP) is 6.39. The van der Waals surface area contributed by atoms with E-state index in [9.17, 15) is 13.2 Å². The van der Waals surface area contributed by atoms with Crippen molar-refractivity contribution in [3.8, 4) is 11.1 Å². The molecule has 0 radical (unpaired) electrons. The van der Waals surface area contributed by atoms with E-state index in [1.54, 1.807) is 42.5 Å². The van der Waals surface area contributed by atoms with Crippen molar-refractivity contribution in [1.29, 1.82) is 0 Å². The Morgan fingerprint density at radius 1 is 0.765 bits per heavy atom. The summed E-state index contributed by atoms with van der Waals surface area (Å²) in [6.45, 7) is 3.83. The number of fused-ring (bicyclic) bond motifs is 1. The molecule has 1 aromatic heterocycles. The molecule has 0 saturated carbocycles. The van der Waals surface area contributed by atoms with Gasteiger partial charge in [-0.15, -0.1) is 0 Å². The van der Waals surface area contributed by atoms with Crippen LogP contribution in [0.4, 0.5) is 0 Å². The Labute approximate surface area is 199 Å². The molecular weight excluding hydrogens is 442 g/mol. The number of aryl methyl sites for hydroxylation is 2. The number of benzene rings is 4. The molecule has 0 aliphatic heterocycles. The number of nitrogens with zero attached hydrogens (tertiary/aromatic N) is 1. The van der Waals surface area contributed by atoms with Crippen molar-refractivity contribution in [2.75, 3.05) is 0 Å². The molecule has 0 unspecified atom stereocenters. The van der Waals surface area contributed by atoms with Crippen LogP contribution in [0.1, 0.15) is 27.0 Å². The molecule has 0 aliphatic rings. The average molecular weight is 466 g/mol. The highest BCUT2D eigenvalue weighted by molar-refractivity contribution is 7.90. The van der Waals surface area contributed by atoms with Crippen molar-refractivity contribution in [2.45, 2.75) is 18.7 Å². The molecule has 168 valence electrons. The highest BCUT2D eigenvalue weighted by Gasteiger charge is 2.25. The van der Waals surface area contributed by atoms with Crippen LogP contribution in [-0.2, 0) is 10.0 Å². The summed E-state index contributed by atoms with van der Waals surface area (Å²) in [6.07, 6.45) is 1.54. The smallest absolute Gasteiger partial charge is 0.268 e. The normalized spacial score (nSPS) is 11.6. The predicted molar refractivity (Wildman–Crippen MR) is 136 cm³/mol. The number of rotatable bonds is 5. The lowest BCUT2D eigenvalue weighted by atomic mass is 9.88. The first-order valence-corrected chi connectivity index (χ1v) is 12.4. The highest BCUT2D eigenvalue weighted by Crippen LogP contribution is 2.37. The van der Waals surface area contributed by atoms with Crippen molar-refractivity contribution in [2.24, 2.45) is 0 Å². The summed E-state index contributed by atoms with van der Waals surface area (Å²) in [6, 6.07) is 29.2. The molecule has 0 saturated heterocycles. The zero-order chi connectivity index (χ0) is 23.9. The lowest BCUT2D eigenvalue weighted by Crippen LogP contribution is -2.12. The Balaban J connectivity index is 1.81. The topological polar surface area (TPSA) is 56.1 Å². The van der Waals surface area contributed by atoms with E-state index in [-0.39, 0.29) is 10.7 Å². The lowest BCUT2D eigenvalue weighted by Gasteiger charge is -2.16. The number of carbonyl (C=O) groups excluding carboxylic acids is 1. The maximum atomic E-state index is 13.8. The number of aromatic nitrogens is 1. The number of hydrogen-bond donors (Lipinski definition) is 0. The average Bonchev–Trinajstić information content (AvgIpc) is 3.28. The van der Waals surface area contributed by atoms with Crippen LogP contribution >= 0.6 is 0 Å². The summed E-state index contributed by atoms with van der Waals surface area (Å²) in [7, 11) is -3.83. The van der Waals surface area contributed by atoms with Gasteiger partial charge in [0.25, 0.3) is 10.0 Å². The molecule has 0 bridgehead atoms. The second-order valence-electron chi connectivity index (χ2n) is 8.37. The Hall–Kier alpha value is -3.96. The van der Waals surface area contributed by atoms with Crippen LogP contribution in [0, 0.1) is 13.8 Å². The molecule has 0 atom stereocenters. The molecule has 5 heteroatoms. The van der Waals surface area contributed by atoms with Gasteiger partial charge in [-0.3, -0.25) is 4.79 Å². The van der Waals surface area contributed by atoms with E-state index in [0.29, 0.717) is 22.0 Å². The lowest BCUT2D eigenvalue weighted by molar-refractivity contribution is 0.104. The van der Waals surface area contributed by atoms with Crippen molar-refractivity contribution in [3.05, 3.63) is 126 Å². The van der Waals surface area contributed by atoms with Crippen LogP contribution in [0.15, 0.2) is 108 Å². The molecule has 0 aliphatic carbocycles. The number of carbonyl (C=O) groups is 1. The number of ketones is 1. The van der Waals surface area contributed by atoms with E-state index in [4.69, 9.17) is 0 Å². The molecule has 4 nitrogen and oxygen atoms in total. The molecule has 0 fully saturated rings. The SMILES string of the molecule is Cc1ccc(S(=O)(=O)n2ccc3c(C(=O)c4ccccc4)c(-c4ccccc4)c(C)cc32)cc1. The van der Waals surface area contributed by atoms with E-state index in [1.165, 1.54) is 10.2 Å². The van der Waals surface area contributed by atoms with E-state index < -0.39 is 10.0 Å². The summed E-state index contributed by atoms with van der Waals surface area (Å²) >= 11 is 0. The van der Waals surface area contributed by atoms with Gasteiger partial charge in [-0.25, -0.2) is 12.4 Å². The molecule has 0 amide bonds. The van der Waals surface area contributed by atoms with E-state index >= 15 is 0 Å². The fraction of sp³-hybridized carbons (Fsp3) is 0.0690. The van der Waals surface area contributed by atoms with Crippen LogP contribution in [0.3, 0.4) is 0 Å². The third kappa shape index (κ3) is 3.64. The van der Waals surface area contributed by atoms with E-state index in [1.807, 2.05) is 68.4 Å². The highest BCUT2D eigenvalue weighted by atomic mass is 32.2. The minimum atomic E-state index is -3.83. The Bertz CT molecular complexity index is 1620. The summed E-state index contributed by atoms with van der Waals surface area (Å²) < 4.78 is 28.3. The van der Waals surface area contributed by atoms with Gasteiger partial charge in [0.2, 0.25) is 0 Å². The second kappa shape index (κ2) is 8.43. The summed E-state index contributed by atoms with van der Waals surface area (Å²) in [5.74, 6) is -0.140. The zero-order valence-electron chi connectivity index (χ0n) is 18.9. The van der Waals surface area contributed by atoms with Crippen molar-refractivity contribution >= 4 is 26.7 Å². The van der Waals surface area contributed by atoms with Crippen LogP contribution in [0.5, 0.6) is 0 Å². The van der Waals surface area contributed by atoms with Gasteiger partial charge in [-0.2, -0.15) is 0 Å². The molecule has 1 heterocycles. The molecule has 34 heavy (non-hydrogen) atoms. The third-order valence-corrected chi connectivity index (χ3v) is 7.76. The molecule has 4 aromatic carbocycles. The van der Waals surface area contributed by atoms with Gasteiger partial charge in [-0.05, 0) is 54.8 Å². The molecular formula is C29H23NO3S. The fourth-order valence-electron chi connectivity index (χ4n) is 4.37. The van der Waals surface area contributed by atoms with Crippen LogP contribution in [0.25, 0.3) is 22.0 Å². The Kier molecular flexibility index (Phi) is 5.42. The first kappa shape index (κ1) is 21.9. The second-order valence-corrected chi connectivity index (χ2v) is 10.2. The fourth-order valence-corrected chi connectivity index (χ4v) is 5.71. The largest absolute Gasteiger partial charge is 0.289 e. The zero-order valence-corrected chi connectivity index (χ0v) is 19.7. The summed E-state index contributed by atoms with van der Waals surface area (Å²) in [5, 5.41) is 0.606. The van der Waals surface area contributed by atoms with Gasteiger partial charge in [-0.1, -0.05) is 78.4 Å². The minimum absolute atomic E-state index is 0.140. The molecule has 5 aromatic rings. The van der Waals surface area contributed by atoms with Crippen molar-refractivity contribution in [3.63, 3.8) is 0 Å². The van der Waals surface area contributed by atoms with Gasteiger partial charge in [0, 0.05) is 22.7 Å². The standard InChI is InChI=1S/C29H23NO3S/c1-20-13-15-24(16-14-20)34(32,33)30-18-17-25-26(30)19-21(2)27(22-9-5-3-6-10-22)28(25)29(31)23-11-7-4-8-12-23/h3-19H,1-2H3. The maximum Gasteiger partial charge on any atom is 0.268 e. The molecule has 0 spiro atoms. The van der Waals surface area contributed by atoms with Gasteiger partial charge < -0.3 is 0 Å². The Morgan fingerprint density at radius 3 is 2.03 bits per heavy atom. The first-order valence-electron chi connectivity index (χ1n) is 11.0. The number of hydrogen-bond acceptors (Lipinski definition) is 3. The quantitative estimate of drug-likeness (QED) is 0.283. The minimum Gasteiger partial charge on any atom is -0.289 e. The third-order valence-electron chi connectivity index (χ3n) is 6.06. The van der Waals surface area contributed by atoms with Gasteiger partial charge in [0.05, 0.1) is 10.4 Å². The Morgan fingerprint density at radius 2 is 1.38 bits per heavy atom. The summed E-state index contributed by atoms with van der Waals surface area (Å²) in [5.41, 5.74) is 5.08. The monoisotopic (exact) mass is 465 g/mol. The molecule has 5 rings (SSSR count).